The third-order valence-electron chi connectivity index (χ3n) is 5.73. The van der Waals surface area contributed by atoms with Gasteiger partial charge in [-0.15, -0.1) is 10.2 Å². The molecule has 1 aromatic heterocycles. The van der Waals surface area contributed by atoms with Crippen molar-refractivity contribution in [2.45, 2.75) is 59.7 Å². The topological polar surface area (TPSA) is 70.4 Å². The van der Waals surface area contributed by atoms with Crippen molar-refractivity contribution in [1.29, 1.82) is 0 Å². The number of hydrogen-bond acceptors (Lipinski definition) is 4. The lowest BCUT2D eigenvalue weighted by molar-refractivity contribution is 0.185. The van der Waals surface area contributed by atoms with Crippen molar-refractivity contribution >= 4 is 5.96 Å². The highest BCUT2D eigenvalue weighted by Crippen LogP contribution is 2.18. The van der Waals surface area contributed by atoms with Gasteiger partial charge in [-0.3, -0.25) is 4.90 Å². The standard InChI is InChI=1S/C23H37N7/c1-4-22-28-27-18-30(22)15-12-25-23(24-5-2)26-16-20-6-8-21(9-7-20)17-29-13-10-19(3)11-14-29/h6-9,18-19H,4-5,10-17H2,1-3H3,(H2,24,25,26). The number of aryl methyl sites for hydroxylation is 1. The van der Waals surface area contributed by atoms with E-state index in [0.717, 1.165) is 50.3 Å². The largest absolute Gasteiger partial charge is 0.357 e. The first-order valence-corrected chi connectivity index (χ1v) is 11.4. The van der Waals surface area contributed by atoms with Crippen LogP contribution in [0.1, 0.15) is 50.6 Å². The molecular weight excluding hydrogens is 374 g/mol. The Morgan fingerprint density at radius 3 is 2.53 bits per heavy atom. The van der Waals surface area contributed by atoms with Crippen LogP contribution >= 0.6 is 0 Å². The molecule has 2 aromatic rings. The summed E-state index contributed by atoms with van der Waals surface area (Å²) in [6.07, 6.45) is 5.33. The van der Waals surface area contributed by atoms with E-state index in [-0.39, 0.29) is 0 Å². The molecule has 1 aromatic carbocycles. The number of guanidine groups is 1. The summed E-state index contributed by atoms with van der Waals surface area (Å²) >= 11 is 0. The first kappa shape index (κ1) is 22.3. The summed E-state index contributed by atoms with van der Waals surface area (Å²) in [6.45, 7) is 13.2. The average Bonchev–Trinajstić information content (AvgIpc) is 3.22. The third-order valence-corrected chi connectivity index (χ3v) is 5.73. The number of benzene rings is 1. The fourth-order valence-electron chi connectivity index (χ4n) is 3.77. The van der Waals surface area contributed by atoms with Gasteiger partial charge in [0.1, 0.15) is 12.2 Å². The van der Waals surface area contributed by atoms with Crippen molar-refractivity contribution in [1.82, 2.24) is 30.3 Å². The fraction of sp³-hybridized carbons (Fsp3) is 0.609. The number of likely N-dealkylation sites (tertiary alicyclic amines) is 1. The summed E-state index contributed by atoms with van der Waals surface area (Å²) in [4.78, 5) is 7.31. The SMILES string of the molecule is CCNC(=NCc1ccc(CN2CCC(C)CC2)cc1)NCCn1cnnc1CC. The van der Waals surface area contributed by atoms with Crippen LogP contribution in [-0.2, 0) is 26.1 Å². The minimum atomic E-state index is 0.670. The van der Waals surface area contributed by atoms with Crippen LogP contribution in [0.25, 0.3) is 0 Å². The summed E-state index contributed by atoms with van der Waals surface area (Å²) in [7, 11) is 0. The zero-order chi connectivity index (χ0) is 21.2. The second-order valence-corrected chi connectivity index (χ2v) is 8.19. The molecule has 1 fully saturated rings. The Bertz CT molecular complexity index is 773. The summed E-state index contributed by atoms with van der Waals surface area (Å²) in [6, 6.07) is 8.92. The number of aliphatic imine (C=N–C) groups is 1. The monoisotopic (exact) mass is 411 g/mol. The van der Waals surface area contributed by atoms with Gasteiger partial charge in [0.25, 0.3) is 0 Å². The molecule has 2 heterocycles. The molecule has 0 atom stereocenters. The minimum absolute atomic E-state index is 0.670. The fourth-order valence-corrected chi connectivity index (χ4v) is 3.77. The van der Waals surface area contributed by atoms with Crippen LogP contribution in [0.4, 0.5) is 0 Å². The van der Waals surface area contributed by atoms with E-state index in [1.807, 2.05) is 0 Å². The summed E-state index contributed by atoms with van der Waals surface area (Å²) in [5.41, 5.74) is 2.62. The van der Waals surface area contributed by atoms with E-state index in [2.05, 4.69) is 75.3 Å². The van der Waals surface area contributed by atoms with Gasteiger partial charge in [0.2, 0.25) is 0 Å². The molecule has 0 saturated carbocycles. The van der Waals surface area contributed by atoms with E-state index in [1.165, 1.54) is 37.1 Å². The molecule has 1 aliphatic heterocycles. The predicted molar refractivity (Wildman–Crippen MR) is 122 cm³/mol. The summed E-state index contributed by atoms with van der Waals surface area (Å²) < 4.78 is 2.08. The van der Waals surface area contributed by atoms with E-state index in [9.17, 15) is 0 Å². The van der Waals surface area contributed by atoms with Crippen LogP contribution in [0.3, 0.4) is 0 Å². The Morgan fingerprint density at radius 1 is 1.10 bits per heavy atom. The van der Waals surface area contributed by atoms with Gasteiger partial charge in [-0.1, -0.05) is 38.1 Å². The van der Waals surface area contributed by atoms with Crippen molar-refractivity contribution in [2.75, 3.05) is 26.2 Å². The van der Waals surface area contributed by atoms with Gasteiger partial charge in [0.05, 0.1) is 6.54 Å². The quantitative estimate of drug-likeness (QED) is 0.490. The third kappa shape index (κ3) is 6.83. The van der Waals surface area contributed by atoms with Crippen LogP contribution in [0.5, 0.6) is 0 Å². The molecule has 2 N–H and O–H groups in total. The van der Waals surface area contributed by atoms with Crippen molar-refractivity contribution in [3.05, 3.63) is 47.5 Å². The van der Waals surface area contributed by atoms with Crippen molar-refractivity contribution in [3.63, 3.8) is 0 Å². The molecule has 7 heteroatoms. The lowest BCUT2D eigenvalue weighted by Crippen LogP contribution is -2.38. The highest BCUT2D eigenvalue weighted by atomic mass is 15.3. The summed E-state index contributed by atoms with van der Waals surface area (Å²) in [5.74, 6) is 2.74. The number of aromatic nitrogens is 3. The molecule has 0 unspecified atom stereocenters. The van der Waals surface area contributed by atoms with Gasteiger partial charge in [0, 0.05) is 32.6 Å². The average molecular weight is 412 g/mol. The Kier molecular flexibility index (Phi) is 8.68. The van der Waals surface area contributed by atoms with Crippen LogP contribution in [0.15, 0.2) is 35.6 Å². The normalized spacial score (nSPS) is 16.0. The second-order valence-electron chi connectivity index (χ2n) is 8.19. The lowest BCUT2D eigenvalue weighted by atomic mass is 9.99. The maximum atomic E-state index is 4.74. The van der Waals surface area contributed by atoms with Gasteiger partial charge in [0.15, 0.2) is 5.96 Å². The van der Waals surface area contributed by atoms with E-state index in [1.54, 1.807) is 6.33 Å². The van der Waals surface area contributed by atoms with Crippen LogP contribution in [0, 0.1) is 5.92 Å². The number of rotatable bonds is 9. The number of hydrogen-bond donors (Lipinski definition) is 2. The molecule has 30 heavy (non-hydrogen) atoms. The second kappa shape index (κ2) is 11.7. The van der Waals surface area contributed by atoms with Crippen LogP contribution in [0.2, 0.25) is 0 Å². The molecule has 164 valence electrons. The van der Waals surface area contributed by atoms with Crippen molar-refractivity contribution in [3.8, 4) is 0 Å². The molecule has 0 radical (unpaired) electrons. The van der Waals surface area contributed by atoms with E-state index >= 15 is 0 Å². The number of piperidine rings is 1. The van der Waals surface area contributed by atoms with Crippen molar-refractivity contribution in [2.24, 2.45) is 10.9 Å². The molecule has 1 aliphatic rings. The molecular formula is C23H37N7. The molecule has 0 amide bonds. The van der Waals surface area contributed by atoms with E-state index in [0.29, 0.717) is 6.54 Å². The zero-order valence-corrected chi connectivity index (χ0v) is 18.8. The molecule has 7 nitrogen and oxygen atoms in total. The smallest absolute Gasteiger partial charge is 0.191 e. The van der Waals surface area contributed by atoms with Crippen LogP contribution < -0.4 is 10.6 Å². The molecule has 0 bridgehead atoms. The highest BCUT2D eigenvalue weighted by molar-refractivity contribution is 5.79. The number of nitrogens with one attached hydrogen (secondary N) is 2. The van der Waals surface area contributed by atoms with Gasteiger partial charge >= 0.3 is 0 Å². The lowest BCUT2D eigenvalue weighted by Gasteiger charge is -2.30. The Hall–Kier alpha value is -2.41. The first-order valence-electron chi connectivity index (χ1n) is 11.4. The molecule has 0 spiro atoms. The van der Waals surface area contributed by atoms with E-state index < -0.39 is 0 Å². The molecule has 1 saturated heterocycles. The maximum Gasteiger partial charge on any atom is 0.191 e. The van der Waals surface area contributed by atoms with Crippen molar-refractivity contribution < 1.29 is 0 Å². The zero-order valence-electron chi connectivity index (χ0n) is 18.8. The van der Waals surface area contributed by atoms with Gasteiger partial charge < -0.3 is 15.2 Å². The van der Waals surface area contributed by atoms with E-state index in [4.69, 9.17) is 4.99 Å². The first-order chi connectivity index (χ1) is 14.7. The van der Waals surface area contributed by atoms with Gasteiger partial charge in [-0.25, -0.2) is 4.99 Å². The Morgan fingerprint density at radius 2 is 1.83 bits per heavy atom. The Labute approximate surface area is 181 Å². The Balaban J connectivity index is 1.47. The van der Waals surface area contributed by atoms with Gasteiger partial charge in [-0.2, -0.15) is 0 Å². The molecule has 3 rings (SSSR count). The molecule has 0 aliphatic carbocycles. The number of nitrogens with zero attached hydrogens (tertiary/aromatic N) is 5. The van der Waals surface area contributed by atoms with Gasteiger partial charge in [-0.05, 0) is 49.9 Å². The maximum absolute atomic E-state index is 4.74. The predicted octanol–water partition coefficient (Wildman–Crippen LogP) is 2.83. The van der Waals surface area contributed by atoms with Crippen LogP contribution in [-0.4, -0.2) is 51.8 Å². The minimum Gasteiger partial charge on any atom is -0.357 e. The highest BCUT2D eigenvalue weighted by Gasteiger charge is 2.15. The summed E-state index contributed by atoms with van der Waals surface area (Å²) in [5, 5.41) is 14.8.